The molecule has 100 valence electrons. The minimum absolute atomic E-state index is 0.0588. The van der Waals surface area contributed by atoms with Crippen molar-refractivity contribution in [2.45, 2.75) is 6.67 Å². The zero-order chi connectivity index (χ0) is 14.0. The van der Waals surface area contributed by atoms with Crippen LogP contribution in [0, 0.1) is 5.82 Å². The number of carbonyl (C=O) groups is 1. The monoisotopic (exact) mass is 269 g/mol. The van der Waals surface area contributed by atoms with E-state index in [4.69, 9.17) is 9.84 Å². The van der Waals surface area contributed by atoms with Gasteiger partial charge in [-0.05, 0) is 17.7 Å². The van der Waals surface area contributed by atoms with Gasteiger partial charge in [-0.2, -0.15) is 0 Å². The molecule has 0 fully saturated rings. The average molecular weight is 269 g/mol. The number of methoxy groups -OCH3 is 1. The first-order chi connectivity index (χ1) is 9.06. The Hall–Kier alpha value is -2.44. The Morgan fingerprint density at radius 3 is 2.74 bits per heavy atom. The van der Waals surface area contributed by atoms with Crippen molar-refractivity contribution >= 4 is 5.97 Å². The molecule has 1 heterocycles. The third-order valence-corrected chi connectivity index (χ3v) is 2.46. The lowest BCUT2D eigenvalue weighted by molar-refractivity contribution is 0.0652. The first kappa shape index (κ1) is 13.0. The van der Waals surface area contributed by atoms with E-state index < -0.39 is 24.2 Å². The Morgan fingerprint density at radius 1 is 1.47 bits per heavy atom. The first-order valence-electron chi connectivity index (χ1n) is 5.19. The van der Waals surface area contributed by atoms with Crippen molar-refractivity contribution in [1.29, 1.82) is 0 Å². The van der Waals surface area contributed by atoms with E-state index in [0.29, 0.717) is 0 Å². The number of nitrogens with zero attached hydrogens (tertiary/aromatic N) is 1. The minimum atomic E-state index is -1.31. The molecule has 0 spiro atoms. The van der Waals surface area contributed by atoms with E-state index in [2.05, 4.69) is 9.68 Å². The Labute approximate surface area is 106 Å². The maximum absolute atomic E-state index is 13.7. The number of halogens is 2. The van der Waals surface area contributed by atoms with Crippen LogP contribution >= 0.6 is 0 Å². The normalized spacial score (nSPS) is 10.5. The van der Waals surface area contributed by atoms with Gasteiger partial charge in [-0.15, -0.1) is 0 Å². The van der Waals surface area contributed by atoms with E-state index in [1.807, 2.05) is 0 Å². The number of carboxylic acid groups (broad SMARTS) is 1. The summed E-state index contributed by atoms with van der Waals surface area (Å²) in [6, 6.07) is 3.44. The van der Waals surface area contributed by atoms with Gasteiger partial charge in [0.1, 0.15) is 12.4 Å². The number of aromatic carboxylic acids is 1. The van der Waals surface area contributed by atoms with Crippen molar-refractivity contribution < 1.29 is 27.9 Å². The quantitative estimate of drug-likeness (QED) is 0.923. The summed E-state index contributed by atoms with van der Waals surface area (Å²) in [4.78, 5) is 10.7. The summed E-state index contributed by atoms with van der Waals surface area (Å²) in [6.45, 7) is -0.864. The molecule has 1 aromatic carbocycles. The average Bonchev–Trinajstić information content (AvgIpc) is 2.87. The smallest absolute Gasteiger partial charge is 0.374 e. The molecule has 5 nitrogen and oxygen atoms in total. The maximum Gasteiger partial charge on any atom is 0.374 e. The largest absolute Gasteiger partial charge is 0.493 e. The van der Waals surface area contributed by atoms with Gasteiger partial charge in [-0.3, -0.25) is 0 Å². The molecule has 0 unspecified atom stereocenters. The molecule has 0 aliphatic carbocycles. The number of aromatic nitrogens is 1. The number of benzene rings is 1. The molecule has 0 amide bonds. The summed E-state index contributed by atoms with van der Waals surface area (Å²) in [5, 5.41) is 12.2. The van der Waals surface area contributed by atoms with Crippen LogP contribution in [-0.4, -0.2) is 23.3 Å². The summed E-state index contributed by atoms with van der Waals surface area (Å²) in [6.07, 6.45) is 0. The standard InChI is InChI=1S/C12H9F2NO4/c1-18-11-7(2-6(5-13)3-8(11)14)9-4-10(12(16)17)19-15-9/h2-4H,5H2,1H3,(H,16,17). The second kappa shape index (κ2) is 5.05. The van der Waals surface area contributed by atoms with Crippen molar-refractivity contribution in [3.05, 3.63) is 35.3 Å². The molecule has 7 heteroatoms. The van der Waals surface area contributed by atoms with E-state index in [-0.39, 0.29) is 22.6 Å². The molecule has 0 saturated heterocycles. The van der Waals surface area contributed by atoms with Crippen LogP contribution in [0.25, 0.3) is 11.3 Å². The summed E-state index contributed by atoms with van der Waals surface area (Å²) in [7, 11) is 1.25. The van der Waals surface area contributed by atoms with Crippen molar-refractivity contribution in [2.75, 3.05) is 7.11 Å². The van der Waals surface area contributed by atoms with Gasteiger partial charge in [-0.1, -0.05) is 5.16 Å². The maximum atomic E-state index is 13.7. The van der Waals surface area contributed by atoms with E-state index in [0.717, 1.165) is 12.1 Å². The van der Waals surface area contributed by atoms with Gasteiger partial charge in [-0.25, -0.2) is 13.6 Å². The van der Waals surface area contributed by atoms with Crippen molar-refractivity contribution in [2.24, 2.45) is 0 Å². The third-order valence-electron chi connectivity index (χ3n) is 2.46. The lowest BCUT2D eigenvalue weighted by Gasteiger charge is -2.08. The number of ether oxygens (including phenoxy) is 1. The molecule has 1 N–H and O–H groups in total. The molecular weight excluding hydrogens is 260 g/mol. The molecule has 1 aromatic heterocycles. The fourth-order valence-electron chi connectivity index (χ4n) is 1.63. The van der Waals surface area contributed by atoms with Gasteiger partial charge in [0, 0.05) is 11.6 Å². The number of alkyl halides is 1. The van der Waals surface area contributed by atoms with Crippen LogP contribution in [-0.2, 0) is 6.67 Å². The molecule has 2 rings (SSSR count). The SMILES string of the molecule is COc1c(F)cc(CF)cc1-c1cc(C(=O)O)on1. The molecule has 0 radical (unpaired) electrons. The summed E-state index contributed by atoms with van der Waals surface area (Å²) < 4.78 is 35.8. The molecule has 0 atom stereocenters. The summed E-state index contributed by atoms with van der Waals surface area (Å²) in [5.74, 6) is -2.61. The van der Waals surface area contributed by atoms with Crippen molar-refractivity contribution in [3.8, 4) is 17.0 Å². The summed E-state index contributed by atoms with van der Waals surface area (Å²) >= 11 is 0. The van der Waals surface area contributed by atoms with E-state index in [1.54, 1.807) is 0 Å². The highest BCUT2D eigenvalue weighted by molar-refractivity contribution is 5.86. The molecule has 0 bridgehead atoms. The second-order valence-electron chi connectivity index (χ2n) is 3.67. The lowest BCUT2D eigenvalue weighted by atomic mass is 10.1. The Bertz CT molecular complexity index is 624. The number of hydrogen-bond acceptors (Lipinski definition) is 4. The van der Waals surface area contributed by atoms with Gasteiger partial charge >= 0.3 is 5.97 Å². The molecule has 0 aliphatic heterocycles. The Morgan fingerprint density at radius 2 is 2.21 bits per heavy atom. The van der Waals surface area contributed by atoms with Crippen LogP contribution in [0.1, 0.15) is 16.1 Å². The fraction of sp³-hybridized carbons (Fsp3) is 0.167. The molecule has 19 heavy (non-hydrogen) atoms. The first-order valence-corrected chi connectivity index (χ1v) is 5.19. The van der Waals surface area contributed by atoms with Crippen LogP contribution < -0.4 is 4.74 Å². The van der Waals surface area contributed by atoms with Crippen LogP contribution in [0.2, 0.25) is 0 Å². The van der Waals surface area contributed by atoms with Crippen molar-refractivity contribution in [1.82, 2.24) is 5.16 Å². The molecule has 2 aromatic rings. The third kappa shape index (κ3) is 2.40. The second-order valence-corrected chi connectivity index (χ2v) is 3.67. The number of rotatable bonds is 4. The topological polar surface area (TPSA) is 72.6 Å². The Balaban J connectivity index is 2.58. The van der Waals surface area contributed by atoms with Gasteiger partial charge in [0.25, 0.3) is 0 Å². The predicted octanol–water partition coefficient (Wildman–Crippen LogP) is 2.66. The van der Waals surface area contributed by atoms with Gasteiger partial charge < -0.3 is 14.4 Å². The zero-order valence-corrected chi connectivity index (χ0v) is 9.81. The highest BCUT2D eigenvalue weighted by atomic mass is 19.1. The fourth-order valence-corrected chi connectivity index (χ4v) is 1.63. The number of carboxylic acids is 1. The van der Waals surface area contributed by atoms with Crippen LogP contribution in [0.4, 0.5) is 8.78 Å². The van der Waals surface area contributed by atoms with Crippen LogP contribution in [0.5, 0.6) is 5.75 Å². The van der Waals surface area contributed by atoms with Crippen LogP contribution in [0.15, 0.2) is 22.7 Å². The zero-order valence-electron chi connectivity index (χ0n) is 9.81. The molecule has 0 aliphatic rings. The van der Waals surface area contributed by atoms with Gasteiger partial charge in [0.15, 0.2) is 11.6 Å². The van der Waals surface area contributed by atoms with Crippen molar-refractivity contribution in [3.63, 3.8) is 0 Å². The highest BCUT2D eigenvalue weighted by Gasteiger charge is 2.19. The van der Waals surface area contributed by atoms with E-state index in [9.17, 15) is 13.6 Å². The predicted molar refractivity (Wildman–Crippen MR) is 60.2 cm³/mol. The highest BCUT2D eigenvalue weighted by Crippen LogP contribution is 2.33. The summed E-state index contributed by atoms with van der Waals surface area (Å²) in [5.41, 5.74) is 0.281. The van der Waals surface area contributed by atoms with E-state index >= 15 is 0 Å². The Kier molecular flexibility index (Phi) is 3.46. The lowest BCUT2D eigenvalue weighted by Crippen LogP contribution is -1.95. The number of hydrogen-bond donors (Lipinski definition) is 1. The molecular formula is C12H9F2NO4. The van der Waals surface area contributed by atoms with Gasteiger partial charge in [0.05, 0.1) is 7.11 Å². The van der Waals surface area contributed by atoms with Gasteiger partial charge in [0.2, 0.25) is 5.76 Å². The van der Waals surface area contributed by atoms with Crippen LogP contribution in [0.3, 0.4) is 0 Å². The van der Waals surface area contributed by atoms with E-state index in [1.165, 1.54) is 13.2 Å². The minimum Gasteiger partial charge on any atom is -0.493 e. The molecule has 0 saturated carbocycles.